The summed E-state index contributed by atoms with van der Waals surface area (Å²) in [7, 11) is 0. The molecule has 1 aliphatic rings. The van der Waals surface area contributed by atoms with Gasteiger partial charge in [-0.25, -0.2) is 4.39 Å². The van der Waals surface area contributed by atoms with Crippen molar-refractivity contribution in [1.82, 2.24) is 10.2 Å². The largest absolute Gasteiger partial charge is 0.344 e. The van der Waals surface area contributed by atoms with E-state index in [4.69, 9.17) is 23.2 Å². The Hall–Kier alpha value is -1.99. The van der Waals surface area contributed by atoms with Crippen molar-refractivity contribution >= 4 is 46.6 Å². The fourth-order valence-electron chi connectivity index (χ4n) is 3.49. The molecule has 1 aliphatic heterocycles. The number of Topliss-reactive ketones (excluding diaryl/α,β-unsaturated/α-hetero) is 2. The van der Waals surface area contributed by atoms with Crippen LogP contribution in [0.2, 0.25) is 10.0 Å². The zero-order valence-corrected chi connectivity index (χ0v) is 27.1. The normalized spacial score (nSPS) is 14.7. The van der Waals surface area contributed by atoms with Crippen molar-refractivity contribution < 1.29 is 23.6 Å². The van der Waals surface area contributed by atoms with Crippen molar-refractivity contribution in [3.05, 3.63) is 33.8 Å². The molecule has 9 heteroatoms. The van der Waals surface area contributed by atoms with Crippen molar-refractivity contribution in [2.24, 2.45) is 0 Å². The Balaban J connectivity index is 0. The highest BCUT2D eigenvalue weighted by atomic mass is 35.5. The van der Waals surface area contributed by atoms with Crippen LogP contribution < -0.4 is 5.32 Å². The van der Waals surface area contributed by atoms with Crippen molar-refractivity contribution in [2.75, 3.05) is 13.2 Å². The monoisotopic (exact) mass is 604 g/mol. The topological polar surface area (TPSA) is 83.6 Å². The van der Waals surface area contributed by atoms with E-state index >= 15 is 0 Å². The molecule has 2 unspecified atom stereocenters. The van der Waals surface area contributed by atoms with Gasteiger partial charge in [-0.15, -0.1) is 0 Å². The average Bonchev–Trinajstić information content (AvgIpc) is 2.97. The molecular weight excluding hydrogens is 554 g/mol. The van der Waals surface area contributed by atoms with Crippen LogP contribution in [-0.2, 0) is 25.6 Å². The summed E-state index contributed by atoms with van der Waals surface area (Å²) in [5.74, 6) is -1.92. The van der Waals surface area contributed by atoms with E-state index in [9.17, 15) is 23.6 Å². The summed E-state index contributed by atoms with van der Waals surface area (Å²) in [5, 5.41) is 3.31. The van der Waals surface area contributed by atoms with Crippen molar-refractivity contribution in [1.29, 1.82) is 0 Å². The summed E-state index contributed by atoms with van der Waals surface area (Å²) >= 11 is 11.9. The maximum absolute atomic E-state index is 12.8. The molecule has 1 N–H and O–H groups in total. The maximum atomic E-state index is 12.8. The lowest BCUT2D eigenvalue weighted by atomic mass is 9.98. The maximum Gasteiger partial charge on any atom is 0.243 e. The van der Waals surface area contributed by atoms with Gasteiger partial charge in [-0.2, -0.15) is 0 Å². The molecule has 0 saturated carbocycles. The number of hydrogen-bond acceptors (Lipinski definition) is 4. The average molecular weight is 606 g/mol. The highest BCUT2D eigenvalue weighted by Gasteiger charge is 2.34. The molecule has 1 aromatic rings. The quantitative estimate of drug-likeness (QED) is 0.278. The van der Waals surface area contributed by atoms with E-state index in [0.29, 0.717) is 29.4 Å². The first-order valence-corrected chi connectivity index (χ1v) is 15.4. The van der Waals surface area contributed by atoms with Gasteiger partial charge in [0.25, 0.3) is 0 Å². The lowest BCUT2D eigenvalue weighted by molar-refractivity contribution is -0.143. The zero-order chi connectivity index (χ0) is 31.1. The third-order valence-electron chi connectivity index (χ3n) is 6.07. The summed E-state index contributed by atoms with van der Waals surface area (Å²) in [6.45, 7) is 13.1. The molecule has 2 rings (SSSR count). The standard InChI is InChI=1S/C21H25Cl2FN2O4.2C4H10.C2H6/c1-13(27)10-17(19(28)12-24)25-21(30)18-4-2-3-9-26(18)20(29)8-6-14-5-7-15(22)16(23)11-14;2*1-3-4-2;1-2/h5,7,11,17-18H,2-4,6,8-10,12H2,1H3,(H,25,30);2*3-4H2,1-2H3;1-2H3. The van der Waals surface area contributed by atoms with Gasteiger partial charge in [0.05, 0.1) is 16.1 Å². The number of halogens is 3. The molecule has 0 aliphatic carbocycles. The number of ketones is 2. The smallest absolute Gasteiger partial charge is 0.243 e. The summed E-state index contributed by atoms with van der Waals surface area (Å²) < 4.78 is 12.8. The molecule has 0 spiro atoms. The SMILES string of the molecule is CC.CC(=O)CC(NC(=O)C1CCCCN1C(=O)CCc1ccc(Cl)c(Cl)c1)C(=O)CF.CCCC.CCCC. The van der Waals surface area contributed by atoms with Gasteiger partial charge in [0.15, 0.2) is 5.78 Å². The van der Waals surface area contributed by atoms with Crippen molar-refractivity contribution in [3.8, 4) is 0 Å². The number of alkyl halides is 1. The van der Waals surface area contributed by atoms with E-state index in [1.54, 1.807) is 18.2 Å². The fourth-order valence-corrected chi connectivity index (χ4v) is 3.81. The molecule has 6 nitrogen and oxygen atoms in total. The minimum atomic E-state index is -1.27. The number of carbonyl (C=O) groups is 4. The second-order valence-electron chi connectivity index (χ2n) is 9.41. The second-order valence-corrected chi connectivity index (χ2v) is 10.2. The van der Waals surface area contributed by atoms with Crippen LogP contribution in [0.3, 0.4) is 0 Å². The fraction of sp³-hybridized carbons (Fsp3) is 0.677. The van der Waals surface area contributed by atoms with Crippen LogP contribution in [0.4, 0.5) is 4.39 Å². The molecule has 1 heterocycles. The van der Waals surface area contributed by atoms with Gasteiger partial charge < -0.3 is 10.2 Å². The van der Waals surface area contributed by atoms with E-state index in [1.807, 2.05) is 13.8 Å². The highest BCUT2D eigenvalue weighted by Crippen LogP contribution is 2.24. The Kier molecular flexibility index (Phi) is 24.9. The molecule has 230 valence electrons. The Labute approximate surface area is 251 Å². The van der Waals surface area contributed by atoms with Gasteiger partial charge in [-0.3, -0.25) is 19.2 Å². The molecule has 2 amide bonds. The van der Waals surface area contributed by atoms with Gasteiger partial charge >= 0.3 is 0 Å². The number of nitrogens with one attached hydrogen (secondary N) is 1. The summed E-state index contributed by atoms with van der Waals surface area (Å²) in [6, 6.07) is 3.19. The van der Waals surface area contributed by atoms with Crippen molar-refractivity contribution in [3.63, 3.8) is 0 Å². The number of carbonyl (C=O) groups excluding carboxylic acids is 4. The summed E-state index contributed by atoms with van der Waals surface area (Å²) in [6.07, 6.45) is 7.59. The lowest BCUT2D eigenvalue weighted by Crippen LogP contribution is -2.55. The van der Waals surface area contributed by atoms with Crippen LogP contribution in [0, 0.1) is 0 Å². The number of piperidine rings is 1. The molecule has 1 aromatic carbocycles. The van der Waals surface area contributed by atoms with Crippen LogP contribution in [0.1, 0.15) is 112 Å². The Morgan fingerprint density at radius 3 is 2.02 bits per heavy atom. The molecule has 40 heavy (non-hydrogen) atoms. The number of rotatable bonds is 11. The Morgan fingerprint density at radius 2 is 1.55 bits per heavy atom. The summed E-state index contributed by atoms with van der Waals surface area (Å²) in [4.78, 5) is 50.2. The van der Waals surface area contributed by atoms with E-state index in [1.165, 1.54) is 37.5 Å². The molecule has 0 bridgehead atoms. The van der Waals surface area contributed by atoms with Gasteiger partial charge in [0, 0.05) is 19.4 Å². The molecule has 1 saturated heterocycles. The number of nitrogens with zero attached hydrogens (tertiary/aromatic N) is 1. The Morgan fingerprint density at radius 1 is 0.975 bits per heavy atom. The molecular formula is C31H51Cl2FN2O4. The third kappa shape index (κ3) is 17.0. The van der Waals surface area contributed by atoms with E-state index in [-0.39, 0.29) is 24.5 Å². The minimum absolute atomic E-state index is 0.183. The number of amides is 2. The molecule has 0 aromatic heterocycles. The molecule has 1 fully saturated rings. The van der Waals surface area contributed by atoms with Crippen LogP contribution in [0.15, 0.2) is 18.2 Å². The van der Waals surface area contributed by atoms with Gasteiger partial charge in [0.1, 0.15) is 18.5 Å². The number of hydrogen-bond donors (Lipinski definition) is 1. The highest BCUT2D eigenvalue weighted by molar-refractivity contribution is 6.42. The van der Waals surface area contributed by atoms with E-state index in [0.717, 1.165) is 18.4 Å². The van der Waals surface area contributed by atoms with Crippen LogP contribution in [-0.4, -0.2) is 53.6 Å². The van der Waals surface area contributed by atoms with Crippen molar-refractivity contribution in [2.45, 2.75) is 125 Å². The molecule has 2 atom stereocenters. The predicted molar refractivity (Wildman–Crippen MR) is 165 cm³/mol. The first kappa shape index (κ1) is 40.2. The first-order valence-electron chi connectivity index (χ1n) is 14.7. The number of unbranched alkanes of at least 4 members (excludes halogenated alkanes) is 2. The molecule has 0 radical (unpaired) electrons. The zero-order valence-electron chi connectivity index (χ0n) is 25.6. The van der Waals surface area contributed by atoms with Gasteiger partial charge in [-0.1, -0.05) is 96.5 Å². The summed E-state index contributed by atoms with van der Waals surface area (Å²) in [5.41, 5.74) is 0.853. The van der Waals surface area contributed by atoms with E-state index in [2.05, 4.69) is 33.0 Å². The van der Waals surface area contributed by atoms with Gasteiger partial charge in [-0.05, 0) is 50.3 Å². The van der Waals surface area contributed by atoms with Crippen LogP contribution in [0.25, 0.3) is 0 Å². The predicted octanol–water partition coefficient (Wildman–Crippen LogP) is 7.95. The number of aryl methyl sites for hydroxylation is 1. The minimum Gasteiger partial charge on any atom is -0.344 e. The van der Waals surface area contributed by atoms with E-state index < -0.39 is 30.4 Å². The Bertz CT molecular complexity index is 875. The van der Waals surface area contributed by atoms with Gasteiger partial charge in [0.2, 0.25) is 11.8 Å². The lowest BCUT2D eigenvalue weighted by Gasteiger charge is -2.35. The third-order valence-corrected chi connectivity index (χ3v) is 6.80. The first-order chi connectivity index (χ1) is 19.1. The van der Waals surface area contributed by atoms with Crippen LogP contribution in [0.5, 0.6) is 0 Å². The number of benzene rings is 1. The van der Waals surface area contributed by atoms with Crippen LogP contribution >= 0.6 is 23.2 Å². The number of likely N-dealkylation sites (tertiary alicyclic amines) is 1. The second kappa shape index (κ2) is 24.8.